The van der Waals surface area contributed by atoms with Crippen LogP contribution in [0, 0.1) is 0 Å². The SMILES string of the molecule is CN(Cc1ccccc1N1CCOCC1)c1ncnc2scc(-c3ccccc3)c12. The number of thiophene rings is 1. The van der Waals surface area contributed by atoms with E-state index in [1.165, 1.54) is 22.4 Å². The van der Waals surface area contributed by atoms with Gasteiger partial charge in [-0.3, -0.25) is 0 Å². The van der Waals surface area contributed by atoms with E-state index >= 15 is 0 Å². The fraction of sp³-hybridized carbons (Fsp3) is 0.250. The van der Waals surface area contributed by atoms with Gasteiger partial charge in [0.25, 0.3) is 0 Å². The number of hydrogen-bond acceptors (Lipinski definition) is 6. The predicted molar refractivity (Wildman–Crippen MR) is 124 cm³/mol. The highest BCUT2D eigenvalue weighted by Crippen LogP contribution is 2.38. The van der Waals surface area contributed by atoms with Gasteiger partial charge in [-0.1, -0.05) is 48.5 Å². The molecule has 0 unspecified atom stereocenters. The van der Waals surface area contributed by atoms with Crippen LogP contribution in [-0.4, -0.2) is 43.3 Å². The van der Waals surface area contributed by atoms with Crippen LogP contribution in [0.15, 0.2) is 66.3 Å². The summed E-state index contributed by atoms with van der Waals surface area (Å²) in [6.45, 7) is 4.21. The highest BCUT2D eigenvalue weighted by Gasteiger charge is 2.19. The smallest absolute Gasteiger partial charge is 0.141 e. The van der Waals surface area contributed by atoms with Crippen molar-refractivity contribution in [2.24, 2.45) is 0 Å². The Balaban J connectivity index is 1.51. The van der Waals surface area contributed by atoms with Crippen LogP contribution < -0.4 is 9.80 Å². The zero-order valence-corrected chi connectivity index (χ0v) is 17.8. The maximum absolute atomic E-state index is 5.54. The molecule has 2 aromatic heterocycles. The van der Waals surface area contributed by atoms with Gasteiger partial charge in [-0.15, -0.1) is 11.3 Å². The Kier molecular flexibility index (Phi) is 5.34. The molecule has 1 aliphatic heterocycles. The summed E-state index contributed by atoms with van der Waals surface area (Å²) in [6, 6.07) is 19.1. The van der Waals surface area contributed by atoms with E-state index in [4.69, 9.17) is 9.72 Å². The summed E-state index contributed by atoms with van der Waals surface area (Å²) in [5, 5.41) is 3.31. The van der Waals surface area contributed by atoms with Gasteiger partial charge < -0.3 is 14.5 Å². The minimum absolute atomic E-state index is 0.781. The van der Waals surface area contributed by atoms with Crippen LogP contribution in [0.1, 0.15) is 5.56 Å². The number of morpholine rings is 1. The molecule has 0 aliphatic carbocycles. The van der Waals surface area contributed by atoms with Gasteiger partial charge in [0.05, 0.1) is 18.6 Å². The second-order valence-corrected chi connectivity index (χ2v) is 8.34. The topological polar surface area (TPSA) is 41.5 Å². The molecule has 152 valence electrons. The maximum atomic E-state index is 5.54. The van der Waals surface area contributed by atoms with Gasteiger partial charge in [0.15, 0.2) is 0 Å². The zero-order valence-electron chi connectivity index (χ0n) is 17.0. The molecule has 0 N–H and O–H groups in total. The van der Waals surface area contributed by atoms with Crippen molar-refractivity contribution in [3.05, 3.63) is 71.9 Å². The van der Waals surface area contributed by atoms with Crippen molar-refractivity contribution in [3.63, 3.8) is 0 Å². The minimum Gasteiger partial charge on any atom is -0.378 e. The van der Waals surface area contributed by atoms with Gasteiger partial charge in [0.2, 0.25) is 0 Å². The van der Waals surface area contributed by atoms with Gasteiger partial charge in [-0.25, -0.2) is 9.97 Å². The summed E-state index contributed by atoms with van der Waals surface area (Å²) in [5.41, 5.74) is 4.97. The molecular weight excluding hydrogens is 392 g/mol. The fourth-order valence-electron chi connectivity index (χ4n) is 4.07. The number of fused-ring (bicyclic) bond motifs is 1. The molecule has 5 nitrogen and oxygen atoms in total. The van der Waals surface area contributed by atoms with Crippen molar-refractivity contribution >= 4 is 33.1 Å². The molecule has 2 aromatic carbocycles. The molecular formula is C24H24N4OS. The van der Waals surface area contributed by atoms with Gasteiger partial charge >= 0.3 is 0 Å². The van der Waals surface area contributed by atoms with Crippen LogP contribution >= 0.6 is 11.3 Å². The monoisotopic (exact) mass is 416 g/mol. The Morgan fingerprint density at radius 3 is 2.60 bits per heavy atom. The molecule has 6 heteroatoms. The van der Waals surface area contributed by atoms with Crippen molar-refractivity contribution in [3.8, 4) is 11.1 Å². The number of nitrogens with zero attached hydrogens (tertiary/aromatic N) is 4. The largest absolute Gasteiger partial charge is 0.378 e. The first-order valence-electron chi connectivity index (χ1n) is 10.2. The summed E-state index contributed by atoms with van der Waals surface area (Å²) in [7, 11) is 2.12. The van der Waals surface area contributed by atoms with Crippen molar-refractivity contribution in [1.29, 1.82) is 0 Å². The molecule has 0 radical (unpaired) electrons. The Hall–Kier alpha value is -2.96. The molecule has 0 bridgehead atoms. The first-order valence-corrected chi connectivity index (χ1v) is 11.1. The van der Waals surface area contributed by atoms with E-state index in [1.54, 1.807) is 17.7 Å². The molecule has 1 fully saturated rings. The number of aromatic nitrogens is 2. The number of hydrogen-bond donors (Lipinski definition) is 0. The molecule has 1 saturated heterocycles. The third-order valence-electron chi connectivity index (χ3n) is 5.55. The van der Waals surface area contributed by atoms with E-state index in [2.05, 4.69) is 75.7 Å². The lowest BCUT2D eigenvalue weighted by Gasteiger charge is -2.31. The molecule has 0 amide bonds. The van der Waals surface area contributed by atoms with E-state index in [9.17, 15) is 0 Å². The molecule has 0 spiro atoms. The standard InChI is InChI=1S/C24H24N4OS/c1-27(15-19-9-5-6-10-21(19)28-11-13-29-14-12-28)23-22-20(18-7-3-2-4-8-18)16-30-24(22)26-17-25-23/h2-10,16-17H,11-15H2,1H3. The summed E-state index contributed by atoms with van der Waals surface area (Å²) in [4.78, 5) is 14.9. The number of rotatable bonds is 5. The van der Waals surface area contributed by atoms with Gasteiger partial charge in [-0.2, -0.15) is 0 Å². The Bertz CT molecular complexity index is 1140. The van der Waals surface area contributed by atoms with Crippen LogP contribution in [0.4, 0.5) is 11.5 Å². The average molecular weight is 417 g/mol. The van der Waals surface area contributed by atoms with E-state index in [-0.39, 0.29) is 0 Å². The van der Waals surface area contributed by atoms with E-state index in [0.29, 0.717) is 0 Å². The Labute approximate surface area is 180 Å². The van der Waals surface area contributed by atoms with Gasteiger partial charge in [0, 0.05) is 43.3 Å². The van der Waals surface area contributed by atoms with Crippen LogP contribution in [0.25, 0.3) is 21.3 Å². The summed E-state index contributed by atoms with van der Waals surface area (Å²) in [6.07, 6.45) is 1.67. The number of benzene rings is 2. The van der Waals surface area contributed by atoms with E-state index in [0.717, 1.165) is 48.9 Å². The summed E-state index contributed by atoms with van der Waals surface area (Å²) >= 11 is 1.67. The van der Waals surface area contributed by atoms with Crippen LogP contribution in [0.5, 0.6) is 0 Å². The third kappa shape index (κ3) is 3.64. The van der Waals surface area contributed by atoms with Crippen molar-refractivity contribution < 1.29 is 4.74 Å². The first kappa shape index (κ1) is 19.0. The number of para-hydroxylation sites is 1. The summed E-state index contributed by atoms with van der Waals surface area (Å²) < 4.78 is 5.54. The van der Waals surface area contributed by atoms with E-state index in [1.807, 2.05) is 6.07 Å². The second-order valence-electron chi connectivity index (χ2n) is 7.48. The normalized spacial score (nSPS) is 14.2. The highest BCUT2D eigenvalue weighted by atomic mass is 32.1. The summed E-state index contributed by atoms with van der Waals surface area (Å²) in [5.74, 6) is 0.969. The molecule has 0 saturated carbocycles. The van der Waals surface area contributed by atoms with Crippen molar-refractivity contribution in [2.75, 3.05) is 43.2 Å². The molecule has 30 heavy (non-hydrogen) atoms. The average Bonchev–Trinajstić information content (AvgIpc) is 3.25. The highest BCUT2D eigenvalue weighted by molar-refractivity contribution is 7.17. The quantitative estimate of drug-likeness (QED) is 0.466. The first-order chi connectivity index (χ1) is 14.8. The van der Waals surface area contributed by atoms with Crippen molar-refractivity contribution in [1.82, 2.24) is 9.97 Å². The molecule has 0 atom stereocenters. The molecule has 1 aliphatic rings. The predicted octanol–water partition coefficient (Wildman–Crippen LogP) is 4.83. The lowest BCUT2D eigenvalue weighted by molar-refractivity contribution is 0.122. The second kappa shape index (κ2) is 8.42. The fourth-order valence-corrected chi connectivity index (χ4v) is 4.98. The van der Waals surface area contributed by atoms with Crippen LogP contribution in [0.3, 0.4) is 0 Å². The zero-order chi connectivity index (χ0) is 20.3. The minimum atomic E-state index is 0.781. The molecule has 4 aromatic rings. The molecule has 3 heterocycles. The Morgan fingerprint density at radius 2 is 1.77 bits per heavy atom. The lowest BCUT2D eigenvalue weighted by Crippen LogP contribution is -2.37. The maximum Gasteiger partial charge on any atom is 0.141 e. The lowest BCUT2D eigenvalue weighted by atomic mass is 10.1. The Morgan fingerprint density at radius 1 is 1.00 bits per heavy atom. The number of anilines is 2. The number of ether oxygens (including phenoxy) is 1. The third-order valence-corrected chi connectivity index (χ3v) is 6.43. The van der Waals surface area contributed by atoms with Crippen LogP contribution in [-0.2, 0) is 11.3 Å². The van der Waals surface area contributed by atoms with E-state index < -0.39 is 0 Å². The van der Waals surface area contributed by atoms with Crippen LogP contribution in [0.2, 0.25) is 0 Å². The molecule has 5 rings (SSSR count). The van der Waals surface area contributed by atoms with Crippen molar-refractivity contribution in [2.45, 2.75) is 6.54 Å². The van der Waals surface area contributed by atoms with Gasteiger partial charge in [-0.05, 0) is 17.2 Å². The van der Waals surface area contributed by atoms with Gasteiger partial charge in [0.1, 0.15) is 17.0 Å².